The van der Waals surface area contributed by atoms with Crippen molar-refractivity contribution in [2.75, 3.05) is 6.54 Å². The zero-order valence-corrected chi connectivity index (χ0v) is 9.85. The molecule has 0 N–H and O–H groups in total. The number of sulfonamides is 1. The van der Waals surface area contributed by atoms with Crippen molar-refractivity contribution in [1.82, 2.24) is 4.31 Å². The molecule has 1 fully saturated rings. The molecule has 1 heterocycles. The first kappa shape index (κ1) is 12.7. The summed E-state index contributed by atoms with van der Waals surface area (Å²) in [5.41, 5.74) is -4.74. The lowest BCUT2D eigenvalue weighted by Crippen LogP contribution is -2.29. The Morgan fingerprint density at radius 2 is 1.76 bits per heavy atom. The van der Waals surface area contributed by atoms with Crippen LogP contribution < -0.4 is 0 Å². The maximum absolute atomic E-state index is 12.2. The van der Waals surface area contributed by atoms with Gasteiger partial charge in [-0.3, -0.25) is 0 Å². The third-order valence-corrected chi connectivity index (χ3v) is 4.28. The topological polar surface area (TPSA) is 37.1 Å². The van der Waals surface area contributed by atoms with Gasteiger partial charge in [0.1, 0.15) is 0 Å². The van der Waals surface area contributed by atoms with E-state index >= 15 is 0 Å². The van der Waals surface area contributed by atoms with Crippen LogP contribution in [0.4, 0.5) is 13.2 Å². The fourth-order valence-corrected chi connectivity index (χ4v) is 2.66. The highest BCUT2D eigenvalue weighted by molar-refractivity contribution is 7.90. The van der Waals surface area contributed by atoms with Crippen molar-refractivity contribution in [2.24, 2.45) is 0 Å². The van der Waals surface area contributed by atoms with Crippen molar-refractivity contribution >= 4 is 21.6 Å². The largest absolute Gasteiger partial charge is 0.511 e. The molecule has 2 rings (SSSR count). The predicted molar refractivity (Wildman–Crippen MR) is 55.9 cm³/mol. The second-order valence-electron chi connectivity index (χ2n) is 3.59. The molecule has 1 aromatic carbocycles. The van der Waals surface area contributed by atoms with Crippen molar-refractivity contribution in [3.8, 4) is 0 Å². The summed E-state index contributed by atoms with van der Waals surface area (Å²) in [5.74, 6) is 0. The highest BCUT2D eigenvalue weighted by Crippen LogP contribution is 2.43. The molecule has 0 spiro atoms. The Morgan fingerprint density at radius 1 is 1.24 bits per heavy atom. The van der Waals surface area contributed by atoms with Crippen LogP contribution in [0.3, 0.4) is 0 Å². The first-order valence-electron chi connectivity index (χ1n) is 4.57. The third-order valence-electron chi connectivity index (χ3n) is 2.42. The number of nitrogens with zero attached hydrogens (tertiary/aromatic N) is 1. The normalized spacial score (nSPS) is 24.7. The second kappa shape index (κ2) is 3.86. The minimum Gasteiger partial charge on any atom is -0.203 e. The van der Waals surface area contributed by atoms with Crippen LogP contribution in [-0.2, 0) is 10.0 Å². The van der Waals surface area contributed by atoms with Crippen LogP contribution in [0.15, 0.2) is 24.3 Å². The van der Waals surface area contributed by atoms with Crippen molar-refractivity contribution in [2.45, 2.75) is 11.6 Å². The molecule has 2 atom stereocenters. The summed E-state index contributed by atoms with van der Waals surface area (Å²) in [6, 6.07) is 5.30. The van der Waals surface area contributed by atoms with Crippen molar-refractivity contribution in [1.29, 1.82) is 0 Å². The van der Waals surface area contributed by atoms with E-state index in [1.54, 1.807) is 0 Å². The Balaban J connectivity index is 2.19. The Hall–Kier alpha value is -0.790. The number of rotatable bonds is 2. The average Bonchev–Trinajstić information content (AvgIpc) is 2.97. The summed E-state index contributed by atoms with van der Waals surface area (Å²) in [5, 5.41) is 0.444. The van der Waals surface area contributed by atoms with E-state index in [1.165, 1.54) is 24.3 Å². The molecule has 1 aliphatic rings. The number of halogens is 4. The fourth-order valence-electron chi connectivity index (χ4n) is 1.48. The van der Waals surface area contributed by atoms with E-state index < -0.39 is 21.6 Å². The highest BCUT2D eigenvalue weighted by Gasteiger charge is 2.58. The van der Waals surface area contributed by atoms with Crippen LogP contribution in [-0.4, -0.2) is 24.8 Å². The van der Waals surface area contributed by atoms with E-state index in [0.29, 0.717) is 14.9 Å². The van der Waals surface area contributed by atoms with Gasteiger partial charge in [-0.05, 0) is 17.7 Å². The van der Waals surface area contributed by atoms with Gasteiger partial charge in [0.2, 0.25) is 0 Å². The van der Waals surface area contributed by atoms with Gasteiger partial charge in [-0.1, -0.05) is 23.7 Å². The standard InChI is InChI=1S/C9H7ClF3NO2S/c10-7-3-1-6(2-4-7)8-5-14(8)17(15,16)9(11,12)13/h1-4,8H,5H2. The molecular weight excluding hydrogens is 279 g/mol. The Kier molecular flexibility index (Phi) is 2.87. The van der Waals surface area contributed by atoms with Crippen molar-refractivity contribution in [3.63, 3.8) is 0 Å². The molecule has 17 heavy (non-hydrogen) atoms. The number of hydrogen-bond donors (Lipinski definition) is 0. The Labute approximate surface area is 101 Å². The molecule has 1 aromatic rings. The SMILES string of the molecule is O=S(=O)(N1CC1c1ccc(Cl)cc1)C(F)(F)F. The molecular formula is C9H7ClF3NO2S. The molecule has 94 valence electrons. The van der Waals surface area contributed by atoms with E-state index in [1.807, 2.05) is 0 Å². The predicted octanol–water partition coefficient (Wildman–Crippen LogP) is 2.55. The summed E-state index contributed by atoms with van der Waals surface area (Å²) in [6.45, 7) is -0.149. The lowest BCUT2D eigenvalue weighted by Gasteiger charge is -2.09. The van der Waals surface area contributed by atoms with E-state index in [0.717, 1.165) is 0 Å². The van der Waals surface area contributed by atoms with Crippen LogP contribution in [0.1, 0.15) is 11.6 Å². The molecule has 0 amide bonds. The molecule has 0 saturated carbocycles. The lowest BCUT2D eigenvalue weighted by atomic mass is 10.2. The van der Waals surface area contributed by atoms with Crippen LogP contribution in [0.25, 0.3) is 0 Å². The van der Waals surface area contributed by atoms with E-state index in [4.69, 9.17) is 11.6 Å². The Bertz CT molecular complexity index is 526. The van der Waals surface area contributed by atoms with Crippen molar-refractivity contribution < 1.29 is 21.6 Å². The van der Waals surface area contributed by atoms with Gasteiger partial charge in [-0.2, -0.15) is 17.5 Å². The van der Waals surface area contributed by atoms with Gasteiger partial charge in [0.05, 0.1) is 6.04 Å². The third kappa shape index (κ3) is 2.27. The maximum Gasteiger partial charge on any atom is 0.511 e. The molecule has 8 heteroatoms. The van der Waals surface area contributed by atoms with Crippen LogP contribution in [0.5, 0.6) is 0 Å². The maximum atomic E-state index is 12.2. The van der Waals surface area contributed by atoms with Crippen molar-refractivity contribution in [3.05, 3.63) is 34.9 Å². The van der Waals surface area contributed by atoms with Gasteiger partial charge < -0.3 is 0 Å². The summed E-state index contributed by atoms with van der Waals surface area (Å²) < 4.78 is 59.2. The fraction of sp³-hybridized carbons (Fsp3) is 0.333. The van der Waals surface area contributed by atoms with Crippen LogP contribution in [0, 0.1) is 0 Å². The summed E-state index contributed by atoms with van der Waals surface area (Å²) >= 11 is 5.62. The zero-order valence-electron chi connectivity index (χ0n) is 8.28. The molecule has 1 aliphatic heterocycles. The van der Waals surface area contributed by atoms with Gasteiger partial charge >= 0.3 is 15.5 Å². The quantitative estimate of drug-likeness (QED) is 0.783. The van der Waals surface area contributed by atoms with E-state index in [2.05, 4.69) is 0 Å². The molecule has 0 aromatic heterocycles. The first-order chi connectivity index (χ1) is 7.73. The molecule has 1 saturated heterocycles. The van der Waals surface area contributed by atoms with Crippen LogP contribution in [0.2, 0.25) is 5.02 Å². The van der Waals surface area contributed by atoms with Gasteiger partial charge in [0, 0.05) is 11.6 Å². The zero-order chi connectivity index (χ0) is 12.8. The van der Waals surface area contributed by atoms with Gasteiger partial charge in [0.25, 0.3) is 0 Å². The van der Waals surface area contributed by atoms with E-state index in [9.17, 15) is 21.6 Å². The molecule has 3 nitrogen and oxygen atoms in total. The monoisotopic (exact) mass is 285 g/mol. The number of alkyl halides is 3. The number of hydrogen-bond acceptors (Lipinski definition) is 2. The molecule has 0 radical (unpaired) electrons. The van der Waals surface area contributed by atoms with Gasteiger partial charge in [-0.25, -0.2) is 8.42 Å². The van der Waals surface area contributed by atoms with E-state index in [-0.39, 0.29) is 6.54 Å². The smallest absolute Gasteiger partial charge is 0.203 e. The number of benzene rings is 1. The highest BCUT2D eigenvalue weighted by atomic mass is 35.5. The Morgan fingerprint density at radius 3 is 2.24 bits per heavy atom. The first-order valence-corrected chi connectivity index (χ1v) is 6.39. The molecule has 0 bridgehead atoms. The van der Waals surface area contributed by atoms with Gasteiger partial charge in [0.15, 0.2) is 0 Å². The van der Waals surface area contributed by atoms with Gasteiger partial charge in [-0.15, -0.1) is 0 Å². The minimum atomic E-state index is -5.24. The average molecular weight is 286 g/mol. The van der Waals surface area contributed by atoms with Crippen LogP contribution >= 0.6 is 11.6 Å². The summed E-state index contributed by atoms with van der Waals surface area (Å²) in [7, 11) is -5.21. The second-order valence-corrected chi connectivity index (χ2v) is 5.91. The molecule has 2 unspecified atom stereocenters. The minimum absolute atomic E-state index is 0.149. The lowest BCUT2D eigenvalue weighted by molar-refractivity contribution is -0.0467. The molecule has 0 aliphatic carbocycles. The summed E-state index contributed by atoms with van der Waals surface area (Å²) in [6.07, 6.45) is 0. The summed E-state index contributed by atoms with van der Waals surface area (Å²) in [4.78, 5) is 0.